The van der Waals surface area contributed by atoms with Crippen LogP contribution in [0.4, 0.5) is 21.9 Å². The number of benzene rings is 3. The highest BCUT2D eigenvalue weighted by Crippen LogP contribution is 2.50. The van der Waals surface area contributed by atoms with Gasteiger partial charge in [0, 0.05) is 23.4 Å². The third-order valence-electron chi connectivity index (χ3n) is 5.62. The minimum atomic E-state index is -1.59. The number of nitrogens with zero attached hydrogens (tertiary/aromatic N) is 2. The number of rotatable bonds is 3. The maximum atomic E-state index is 13.8. The van der Waals surface area contributed by atoms with E-state index in [9.17, 15) is 9.59 Å². The van der Waals surface area contributed by atoms with Crippen LogP contribution in [0.3, 0.4) is 0 Å². The van der Waals surface area contributed by atoms with Crippen LogP contribution < -0.4 is 15.1 Å². The van der Waals surface area contributed by atoms with Crippen LogP contribution in [-0.4, -0.2) is 18.5 Å². The van der Waals surface area contributed by atoms with Gasteiger partial charge in [0.05, 0.1) is 18.0 Å². The Kier molecular flexibility index (Phi) is 4.56. The monoisotopic (exact) mass is 411 g/mol. The lowest BCUT2D eigenvalue weighted by Crippen LogP contribution is -2.60. The zero-order valence-corrected chi connectivity index (χ0v) is 16.8. The Morgan fingerprint density at radius 3 is 2.45 bits per heavy atom. The fourth-order valence-corrected chi connectivity index (χ4v) is 4.29. The van der Waals surface area contributed by atoms with E-state index in [1.807, 2.05) is 66.7 Å². The van der Waals surface area contributed by atoms with Gasteiger partial charge in [0.2, 0.25) is 0 Å². The molecule has 2 heterocycles. The van der Waals surface area contributed by atoms with E-state index in [2.05, 4.69) is 11.9 Å². The molecule has 3 aromatic carbocycles. The van der Waals surface area contributed by atoms with Gasteiger partial charge < -0.3 is 15.0 Å². The van der Waals surface area contributed by atoms with Crippen LogP contribution >= 0.6 is 0 Å². The van der Waals surface area contributed by atoms with Crippen LogP contribution in [0.1, 0.15) is 11.1 Å². The fraction of sp³-hybridized carbons (Fsp3) is 0.120. The third kappa shape index (κ3) is 2.84. The number of hydrogen-bond acceptors (Lipinski definition) is 3. The number of fused-ring (bicyclic) bond motifs is 3. The largest absolute Gasteiger partial charge is 0.338 e. The van der Waals surface area contributed by atoms with Crippen molar-refractivity contribution in [3.8, 4) is 0 Å². The van der Waals surface area contributed by atoms with Gasteiger partial charge in [-0.3, -0.25) is 9.69 Å². The highest BCUT2D eigenvalue weighted by atomic mass is 16.5. The summed E-state index contributed by atoms with van der Waals surface area (Å²) in [6.45, 7) is 4.32. The van der Waals surface area contributed by atoms with Gasteiger partial charge >= 0.3 is 6.03 Å². The maximum Gasteiger partial charge on any atom is 0.329 e. The number of para-hydroxylation sites is 3. The van der Waals surface area contributed by atoms with Crippen LogP contribution in [0, 0.1) is 0 Å². The topological polar surface area (TPSA) is 61.9 Å². The van der Waals surface area contributed by atoms with Crippen LogP contribution in [0.15, 0.2) is 91.5 Å². The van der Waals surface area contributed by atoms with E-state index >= 15 is 0 Å². The van der Waals surface area contributed by atoms with Crippen molar-refractivity contribution in [3.05, 3.63) is 103 Å². The molecule has 3 amide bonds. The molecule has 31 heavy (non-hydrogen) atoms. The Bertz CT molecular complexity index is 1180. The summed E-state index contributed by atoms with van der Waals surface area (Å²) in [5.41, 5.74) is 1.87. The van der Waals surface area contributed by atoms with E-state index < -0.39 is 11.8 Å². The Morgan fingerprint density at radius 1 is 1.00 bits per heavy atom. The van der Waals surface area contributed by atoms with Crippen molar-refractivity contribution in [1.29, 1.82) is 0 Å². The SMILES string of the molecule is C=CCN1C(=O)[C@]2(OCc3ccccc3N2C(=O)Nc2ccccc2)c2ccccc21. The molecule has 2 aliphatic rings. The predicted octanol–water partition coefficient (Wildman–Crippen LogP) is 4.64. The molecular formula is C25H21N3O3. The molecule has 0 fully saturated rings. The average molecular weight is 411 g/mol. The lowest BCUT2D eigenvalue weighted by Gasteiger charge is -2.43. The molecule has 1 spiro atoms. The first kappa shape index (κ1) is 19.1. The van der Waals surface area contributed by atoms with Gasteiger partial charge in [-0.25, -0.2) is 4.79 Å². The molecule has 5 rings (SSSR count). The van der Waals surface area contributed by atoms with Crippen LogP contribution in [-0.2, 0) is 21.9 Å². The van der Waals surface area contributed by atoms with Crippen molar-refractivity contribution in [2.24, 2.45) is 0 Å². The number of hydrogen-bond donors (Lipinski definition) is 1. The smallest absolute Gasteiger partial charge is 0.329 e. The minimum Gasteiger partial charge on any atom is -0.338 e. The van der Waals surface area contributed by atoms with Crippen molar-refractivity contribution in [3.63, 3.8) is 0 Å². The highest BCUT2D eigenvalue weighted by Gasteiger charge is 2.60. The zero-order valence-electron chi connectivity index (χ0n) is 16.8. The lowest BCUT2D eigenvalue weighted by molar-refractivity contribution is -0.146. The summed E-state index contributed by atoms with van der Waals surface area (Å²) < 4.78 is 6.28. The summed E-state index contributed by atoms with van der Waals surface area (Å²) >= 11 is 0. The number of amides is 3. The van der Waals surface area contributed by atoms with Gasteiger partial charge in [-0.05, 0) is 24.3 Å². The molecule has 154 valence electrons. The molecule has 3 aromatic rings. The number of ether oxygens (including phenoxy) is 1. The van der Waals surface area contributed by atoms with E-state index in [1.54, 1.807) is 23.1 Å². The van der Waals surface area contributed by atoms with E-state index in [4.69, 9.17) is 4.74 Å². The van der Waals surface area contributed by atoms with Crippen molar-refractivity contribution >= 4 is 29.0 Å². The van der Waals surface area contributed by atoms with Crippen LogP contribution in [0.25, 0.3) is 0 Å². The number of carbonyl (C=O) groups is 2. The van der Waals surface area contributed by atoms with Crippen molar-refractivity contribution in [2.45, 2.75) is 12.3 Å². The standard InChI is InChI=1S/C25H21N3O3/c1-2-16-27-22-15-9-7-13-20(22)25(23(27)29)28(21-14-8-6-10-18(21)17-31-25)24(30)26-19-11-4-3-5-12-19/h2-15H,1,16-17H2,(H,26,30)/t25-/m1/s1. The van der Waals surface area contributed by atoms with E-state index in [1.165, 1.54) is 4.90 Å². The van der Waals surface area contributed by atoms with Crippen molar-refractivity contribution in [2.75, 3.05) is 21.7 Å². The predicted molar refractivity (Wildman–Crippen MR) is 120 cm³/mol. The number of urea groups is 1. The normalized spacial score (nSPS) is 19.2. The van der Waals surface area contributed by atoms with Gasteiger partial charge in [-0.2, -0.15) is 0 Å². The quantitative estimate of drug-likeness (QED) is 0.639. The Balaban J connectivity index is 1.69. The van der Waals surface area contributed by atoms with Gasteiger partial charge in [0.1, 0.15) is 0 Å². The molecule has 0 unspecified atom stereocenters. The first-order valence-corrected chi connectivity index (χ1v) is 10.1. The third-order valence-corrected chi connectivity index (χ3v) is 5.62. The lowest BCUT2D eigenvalue weighted by atomic mass is 9.98. The summed E-state index contributed by atoms with van der Waals surface area (Å²) in [6, 6.07) is 23.6. The van der Waals surface area contributed by atoms with Crippen LogP contribution in [0.2, 0.25) is 0 Å². The molecule has 2 aliphatic heterocycles. The Morgan fingerprint density at radius 2 is 1.68 bits per heavy atom. The van der Waals surface area contributed by atoms with Gasteiger partial charge in [-0.1, -0.05) is 60.7 Å². The van der Waals surface area contributed by atoms with Gasteiger partial charge in [0.15, 0.2) is 0 Å². The fourth-order valence-electron chi connectivity index (χ4n) is 4.29. The van der Waals surface area contributed by atoms with E-state index in [0.717, 1.165) is 5.56 Å². The molecule has 0 saturated heterocycles. The highest BCUT2D eigenvalue weighted by molar-refractivity contribution is 6.16. The summed E-state index contributed by atoms with van der Waals surface area (Å²) in [4.78, 5) is 30.6. The molecule has 0 radical (unpaired) electrons. The Hall–Kier alpha value is -3.90. The first-order valence-electron chi connectivity index (χ1n) is 10.1. The Labute approximate surface area is 180 Å². The summed E-state index contributed by atoms with van der Waals surface area (Å²) in [5.74, 6) is -0.314. The molecule has 0 bridgehead atoms. The second-order valence-corrected chi connectivity index (χ2v) is 7.41. The molecule has 0 saturated carbocycles. The molecule has 6 heteroatoms. The summed E-state index contributed by atoms with van der Waals surface area (Å²) in [6.07, 6.45) is 1.67. The zero-order chi connectivity index (χ0) is 21.4. The molecule has 6 nitrogen and oxygen atoms in total. The number of carbonyl (C=O) groups excluding carboxylic acids is 2. The molecule has 1 N–H and O–H groups in total. The maximum absolute atomic E-state index is 13.8. The minimum absolute atomic E-state index is 0.216. The number of nitrogens with one attached hydrogen (secondary N) is 1. The van der Waals surface area contributed by atoms with Gasteiger partial charge in [-0.15, -0.1) is 6.58 Å². The van der Waals surface area contributed by atoms with Crippen molar-refractivity contribution in [1.82, 2.24) is 0 Å². The molecule has 1 atom stereocenters. The number of anilines is 3. The second-order valence-electron chi connectivity index (χ2n) is 7.41. The van der Waals surface area contributed by atoms with E-state index in [-0.39, 0.29) is 12.5 Å². The van der Waals surface area contributed by atoms with Gasteiger partial charge in [0.25, 0.3) is 11.6 Å². The first-order chi connectivity index (χ1) is 15.2. The summed E-state index contributed by atoms with van der Waals surface area (Å²) in [5, 5.41) is 2.92. The summed E-state index contributed by atoms with van der Waals surface area (Å²) in [7, 11) is 0. The van der Waals surface area contributed by atoms with Crippen molar-refractivity contribution < 1.29 is 14.3 Å². The van der Waals surface area contributed by atoms with E-state index in [0.29, 0.717) is 29.2 Å². The second kappa shape index (κ2) is 7.41. The van der Waals surface area contributed by atoms with Crippen LogP contribution in [0.5, 0.6) is 0 Å². The molecular weight excluding hydrogens is 390 g/mol. The average Bonchev–Trinajstić information content (AvgIpc) is 3.03. The molecule has 0 aromatic heterocycles. The molecule has 0 aliphatic carbocycles.